The number of aliphatic hydroxyl groups excluding tert-OH is 1. The van der Waals surface area contributed by atoms with Crippen molar-refractivity contribution in [2.24, 2.45) is 0 Å². The minimum atomic E-state index is -1.82. The molecule has 0 spiro atoms. The van der Waals surface area contributed by atoms with Gasteiger partial charge < -0.3 is 19.3 Å². The van der Waals surface area contributed by atoms with Gasteiger partial charge in [-0.2, -0.15) is 0 Å². The number of carbonyl (C=O) groups is 3. The predicted octanol–water partition coefficient (Wildman–Crippen LogP) is 2.39. The van der Waals surface area contributed by atoms with Gasteiger partial charge in [0.1, 0.15) is 12.2 Å². The van der Waals surface area contributed by atoms with Crippen LogP contribution in [0.2, 0.25) is 0 Å². The number of ether oxygens (including phenoxy) is 3. The van der Waals surface area contributed by atoms with E-state index in [9.17, 15) is 19.5 Å². The van der Waals surface area contributed by atoms with Gasteiger partial charge >= 0.3 is 17.9 Å². The van der Waals surface area contributed by atoms with Gasteiger partial charge in [0.2, 0.25) is 5.60 Å². The molecule has 0 heterocycles. The Labute approximate surface area is 167 Å². The lowest BCUT2D eigenvalue weighted by molar-refractivity contribution is -0.182. The molecule has 0 saturated carbocycles. The molecule has 0 aromatic heterocycles. The number of fused-ring (bicyclic) bond motifs is 1. The number of carbonyl (C=O) groups excluding carboxylic acids is 3. The Hall–Kier alpha value is -3.19. The number of methoxy groups -OCH3 is 1. The van der Waals surface area contributed by atoms with Crippen molar-refractivity contribution in [3.05, 3.63) is 54.1 Å². The lowest BCUT2D eigenvalue weighted by Crippen LogP contribution is -2.52. The van der Waals surface area contributed by atoms with Crippen molar-refractivity contribution in [2.75, 3.05) is 7.11 Å². The summed E-state index contributed by atoms with van der Waals surface area (Å²) >= 11 is 0. The molecule has 29 heavy (non-hydrogen) atoms. The van der Waals surface area contributed by atoms with Gasteiger partial charge in [-0.25, -0.2) is 4.79 Å². The third kappa shape index (κ3) is 4.14. The summed E-state index contributed by atoms with van der Waals surface area (Å²) < 4.78 is 15.4. The molecule has 0 radical (unpaired) electrons. The van der Waals surface area contributed by atoms with E-state index in [1.807, 2.05) is 36.4 Å². The Morgan fingerprint density at radius 1 is 1.03 bits per heavy atom. The van der Waals surface area contributed by atoms with Crippen LogP contribution in [-0.2, 0) is 28.6 Å². The summed E-state index contributed by atoms with van der Waals surface area (Å²) in [6, 6.07) is 13.2. The normalized spacial score (nSPS) is 23.8. The van der Waals surface area contributed by atoms with Gasteiger partial charge in [0.15, 0.2) is 0 Å². The zero-order valence-corrected chi connectivity index (χ0v) is 16.4. The maximum absolute atomic E-state index is 12.6. The van der Waals surface area contributed by atoms with Gasteiger partial charge in [-0.05, 0) is 34.1 Å². The summed E-state index contributed by atoms with van der Waals surface area (Å²) in [4.78, 5) is 35.9. The fourth-order valence-corrected chi connectivity index (χ4v) is 3.63. The van der Waals surface area contributed by atoms with Gasteiger partial charge in [0.25, 0.3) is 0 Å². The predicted molar refractivity (Wildman–Crippen MR) is 105 cm³/mol. The van der Waals surface area contributed by atoms with Crippen LogP contribution in [0.1, 0.15) is 25.8 Å². The number of benzene rings is 2. The van der Waals surface area contributed by atoms with Gasteiger partial charge in [-0.1, -0.05) is 36.4 Å². The molecule has 1 N–H and O–H groups in total. The van der Waals surface area contributed by atoms with E-state index in [1.54, 1.807) is 6.07 Å². The quantitative estimate of drug-likeness (QED) is 0.624. The van der Waals surface area contributed by atoms with E-state index in [1.165, 1.54) is 27.0 Å². The maximum Gasteiger partial charge on any atom is 0.354 e. The molecular weight excluding hydrogens is 376 g/mol. The molecule has 7 nitrogen and oxygen atoms in total. The highest BCUT2D eigenvalue weighted by molar-refractivity contribution is 5.92. The van der Waals surface area contributed by atoms with E-state index in [4.69, 9.17) is 14.2 Å². The summed E-state index contributed by atoms with van der Waals surface area (Å²) in [6.07, 6.45) is -1.18. The Kier molecular flexibility index (Phi) is 5.70. The topological polar surface area (TPSA) is 99.1 Å². The number of aliphatic hydroxyl groups is 1. The first kappa shape index (κ1) is 20.5. The first-order valence-electron chi connectivity index (χ1n) is 9.11. The molecular formula is C22H22O7. The largest absolute Gasteiger partial charge is 0.466 e. The second-order valence-corrected chi connectivity index (χ2v) is 6.93. The first-order valence-corrected chi connectivity index (χ1v) is 9.11. The lowest BCUT2D eigenvalue weighted by Gasteiger charge is -2.38. The summed E-state index contributed by atoms with van der Waals surface area (Å²) in [5, 5.41) is 12.8. The third-order valence-electron chi connectivity index (χ3n) is 4.82. The van der Waals surface area contributed by atoms with Crippen LogP contribution in [0.4, 0.5) is 0 Å². The lowest BCUT2D eigenvalue weighted by atomic mass is 9.79. The molecule has 1 aliphatic carbocycles. The number of hydrogen-bond acceptors (Lipinski definition) is 7. The second kappa shape index (κ2) is 8.05. The molecule has 7 heteroatoms. The van der Waals surface area contributed by atoms with E-state index in [0.717, 1.165) is 10.8 Å². The highest BCUT2D eigenvalue weighted by Crippen LogP contribution is 2.38. The Morgan fingerprint density at radius 2 is 1.72 bits per heavy atom. The van der Waals surface area contributed by atoms with Crippen LogP contribution in [-0.4, -0.2) is 47.9 Å². The molecule has 152 valence electrons. The highest BCUT2D eigenvalue weighted by atomic mass is 16.6. The zero-order valence-electron chi connectivity index (χ0n) is 16.4. The minimum Gasteiger partial charge on any atom is -0.466 e. The molecule has 2 aromatic rings. The van der Waals surface area contributed by atoms with Gasteiger partial charge in [0.05, 0.1) is 7.11 Å². The summed E-state index contributed by atoms with van der Waals surface area (Å²) in [7, 11) is 1.17. The molecule has 0 fully saturated rings. The average Bonchev–Trinajstić information content (AvgIpc) is 2.68. The van der Waals surface area contributed by atoms with Crippen LogP contribution in [0.3, 0.4) is 0 Å². The number of esters is 3. The molecule has 1 aliphatic rings. The van der Waals surface area contributed by atoms with Crippen LogP contribution in [0.5, 0.6) is 0 Å². The second-order valence-electron chi connectivity index (χ2n) is 6.93. The molecule has 3 rings (SSSR count). The number of rotatable bonds is 4. The van der Waals surface area contributed by atoms with Crippen molar-refractivity contribution in [1.29, 1.82) is 0 Å². The van der Waals surface area contributed by atoms with Crippen molar-refractivity contribution >= 4 is 34.3 Å². The zero-order chi connectivity index (χ0) is 21.2. The molecule has 3 atom stereocenters. The van der Waals surface area contributed by atoms with E-state index in [-0.39, 0.29) is 6.42 Å². The van der Waals surface area contributed by atoms with Crippen LogP contribution in [0.15, 0.2) is 48.5 Å². The van der Waals surface area contributed by atoms with Crippen molar-refractivity contribution in [1.82, 2.24) is 0 Å². The van der Waals surface area contributed by atoms with Gasteiger partial charge in [-0.15, -0.1) is 0 Å². The summed E-state index contributed by atoms with van der Waals surface area (Å²) in [5.74, 6) is -2.16. The fourth-order valence-electron chi connectivity index (χ4n) is 3.63. The van der Waals surface area contributed by atoms with E-state index < -0.39 is 35.7 Å². The standard InChI is InChI=1S/C22H22O7/c1-13(23)28-19-12-22(21(26)27-3,29-14(2)24)11-18(20(19)25)17-9-8-15-6-4-5-7-16(15)10-17/h4-11,19-20,25H,12H2,1-3H3. The molecule has 0 saturated heterocycles. The van der Waals surface area contributed by atoms with Crippen molar-refractivity contribution in [2.45, 2.75) is 38.1 Å². The van der Waals surface area contributed by atoms with Crippen molar-refractivity contribution in [3.8, 4) is 0 Å². The smallest absolute Gasteiger partial charge is 0.354 e. The van der Waals surface area contributed by atoms with Crippen molar-refractivity contribution in [3.63, 3.8) is 0 Å². The average molecular weight is 398 g/mol. The maximum atomic E-state index is 12.6. The first-order chi connectivity index (χ1) is 13.8. The van der Waals surface area contributed by atoms with E-state index in [2.05, 4.69) is 0 Å². The van der Waals surface area contributed by atoms with Crippen molar-refractivity contribution < 1.29 is 33.7 Å². The summed E-state index contributed by atoms with van der Waals surface area (Å²) in [6.45, 7) is 2.37. The van der Waals surface area contributed by atoms with E-state index >= 15 is 0 Å². The van der Waals surface area contributed by atoms with Crippen LogP contribution >= 0.6 is 0 Å². The highest BCUT2D eigenvalue weighted by Gasteiger charge is 2.50. The van der Waals surface area contributed by atoms with Gasteiger partial charge in [0, 0.05) is 20.3 Å². The number of hydrogen-bond donors (Lipinski definition) is 1. The van der Waals surface area contributed by atoms with E-state index in [0.29, 0.717) is 11.1 Å². The molecule has 0 bridgehead atoms. The minimum absolute atomic E-state index is 0.253. The molecule has 3 unspecified atom stereocenters. The fraction of sp³-hybridized carbons (Fsp3) is 0.318. The Balaban J connectivity index is 2.18. The molecule has 0 amide bonds. The third-order valence-corrected chi connectivity index (χ3v) is 4.82. The SMILES string of the molecule is COC(=O)C1(OC(C)=O)C=C(c2ccc3ccccc3c2)C(O)C(OC(C)=O)C1. The molecule has 2 aromatic carbocycles. The van der Waals surface area contributed by atoms with Crippen LogP contribution in [0.25, 0.3) is 16.3 Å². The monoisotopic (exact) mass is 398 g/mol. The Bertz CT molecular complexity index is 994. The summed E-state index contributed by atoms with van der Waals surface area (Å²) in [5.41, 5.74) is -0.908. The van der Waals surface area contributed by atoms with Crippen LogP contribution in [0, 0.1) is 0 Å². The van der Waals surface area contributed by atoms with Crippen LogP contribution < -0.4 is 0 Å². The molecule has 0 aliphatic heterocycles. The van der Waals surface area contributed by atoms with Gasteiger partial charge in [-0.3, -0.25) is 9.59 Å². The Morgan fingerprint density at radius 3 is 2.34 bits per heavy atom.